The Morgan fingerprint density at radius 2 is 1.86 bits per heavy atom. The van der Waals surface area contributed by atoms with Crippen molar-refractivity contribution in [3.8, 4) is 11.5 Å². The summed E-state index contributed by atoms with van der Waals surface area (Å²) in [6.07, 6.45) is 0. The van der Waals surface area contributed by atoms with Gasteiger partial charge in [0.1, 0.15) is 0 Å². The summed E-state index contributed by atoms with van der Waals surface area (Å²) < 4.78 is 10.8. The van der Waals surface area contributed by atoms with Crippen LogP contribution in [0.4, 0.5) is 5.69 Å². The van der Waals surface area contributed by atoms with Crippen LogP contribution in [0.3, 0.4) is 0 Å². The maximum absolute atomic E-state index is 11.8. The summed E-state index contributed by atoms with van der Waals surface area (Å²) in [6.45, 7) is 3.64. The van der Waals surface area contributed by atoms with Crippen molar-refractivity contribution in [1.29, 1.82) is 0 Å². The highest BCUT2D eigenvalue weighted by atomic mass is 16.5. The fraction of sp³-hybridized carbons (Fsp3) is 0.500. The van der Waals surface area contributed by atoms with E-state index in [1.807, 2.05) is 0 Å². The van der Waals surface area contributed by atoms with E-state index in [2.05, 4.69) is 22.3 Å². The molecule has 0 spiro atoms. The number of nitrogen functional groups attached to an aromatic ring is 1. The lowest BCUT2D eigenvalue weighted by Crippen LogP contribution is -2.44. The number of nitrogens with one attached hydrogen (secondary N) is 1. The molecule has 0 saturated carbocycles. The third kappa shape index (κ3) is 3.20. The van der Waals surface area contributed by atoms with Crippen LogP contribution in [-0.2, 0) is 0 Å². The third-order valence-electron chi connectivity index (χ3n) is 3.70. The molecule has 1 saturated heterocycles. The number of hydrazine groups is 1. The first-order chi connectivity index (χ1) is 10.1. The van der Waals surface area contributed by atoms with Crippen LogP contribution in [0, 0.1) is 0 Å². The molecule has 1 aromatic carbocycles. The van der Waals surface area contributed by atoms with Gasteiger partial charge in [-0.3, -0.25) is 10.2 Å². The van der Waals surface area contributed by atoms with Crippen molar-refractivity contribution < 1.29 is 14.3 Å². The van der Waals surface area contributed by atoms with Crippen LogP contribution in [0.5, 0.6) is 11.5 Å². The molecule has 0 aromatic heterocycles. The minimum atomic E-state index is -0.355. The second kappa shape index (κ2) is 6.64. The van der Waals surface area contributed by atoms with E-state index in [4.69, 9.17) is 15.3 Å². The zero-order chi connectivity index (χ0) is 15.4. The molecule has 2 rings (SSSR count). The van der Waals surface area contributed by atoms with Crippen LogP contribution in [0.15, 0.2) is 12.1 Å². The topological polar surface area (TPSA) is 80.1 Å². The lowest BCUT2D eigenvalue weighted by molar-refractivity contribution is 0.0953. The summed E-state index contributed by atoms with van der Waals surface area (Å²) in [4.78, 5) is 16.3. The minimum Gasteiger partial charge on any atom is -0.493 e. The lowest BCUT2D eigenvalue weighted by Gasteiger charge is -2.35. The summed E-state index contributed by atoms with van der Waals surface area (Å²) in [5.41, 5.74) is 3.44. The van der Waals surface area contributed by atoms with Gasteiger partial charge in [0.25, 0.3) is 5.91 Å². The second-order valence-electron chi connectivity index (χ2n) is 4.99. The molecule has 0 atom stereocenters. The fourth-order valence-corrected chi connectivity index (χ4v) is 2.44. The fourth-order valence-electron chi connectivity index (χ4n) is 2.44. The molecule has 3 N–H and O–H groups in total. The molecular weight excluding hydrogens is 272 g/mol. The van der Waals surface area contributed by atoms with Gasteiger partial charge in [0.2, 0.25) is 0 Å². The van der Waals surface area contributed by atoms with Gasteiger partial charge in [0.15, 0.2) is 11.5 Å². The largest absolute Gasteiger partial charge is 0.493 e. The molecule has 0 radical (unpaired) electrons. The Labute approximate surface area is 124 Å². The molecule has 116 valence electrons. The number of ether oxygens (including phenoxy) is 2. The number of carbonyl (C=O) groups is 1. The van der Waals surface area contributed by atoms with Crippen LogP contribution < -0.4 is 25.6 Å². The third-order valence-corrected chi connectivity index (χ3v) is 3.70. The first-order valence-electron chi connectivity index (χ1n) is 6.81. The van der Waals surface area contributed by atoms with Crippen LogP contribution in [0.25, 0.3) is 0 Å². The number of nitrogens with two attached hydrogens (primary N) is 1. The smallest absolute Gasteiger partial charge is 0.265 e. The van der Waals surface area contributed by atoms with E-state index in [0.29, 0.717) is 17.1 Å². The Morgan fingerprint density at radius 1 is 1.19 bits per heavy atom. The summed E-state index contributed by atoms with van der Waals surface area (Å²) in [5.74, 6) is 6.02. The van der Waals surface area contributed by atoms with E-state index < -0.39 is 0 Å². The molecule has 1 aromatic rings. The lowest BCUT2D eigenvalue weighted by atomic mass is 10.1. The molecule has 0 aliphatic carbocycles. The van der Waals surface area contributed by atoms with Gasteiger partial charge in [0, 0.05) is 31.7 Å². The van der Waals surface area contributed by atoms with Crippen molar-refractivity contribution in [3.63, 3.8) is 0 Å². The minimum absolute atomic E-state index is 0.355. The molecule has 1 fully saturated rings. The van der Waals surface area contributed by atoms with Crippen molar-refractivity contribution in [2.75, 3.05) is 52.3 Å². The number of piperazine rings is 1. The Balaban J connectivity index is 2.43. The van der Waals surface area contributed by atoms with Crippen molar-refractivity contribution in [2.24, 2.45) is 5.84 Å². The molecule has 0 unspecified atom stereocenters. The maximum Gasteiger partial charge on any atom is 0.265 e. The number of amides is 1. The van der Waals surface area contributed by atoms with E-state index in [1.165, 1.54) is 0 Å². The van der Waals surface area contributed by atoms with Gasteiger partial charge in [-0.2, -0.15) is 0 Å². The van der Waals surface area contributed by atoms with Crippen molar-refractivity contribution in [3.05, 3.63) is 17.7 Å². The summed E-state index contributed by atoms with van der Waals surface area (Å²) in [7, 11) is 5.24. The number of benzene rings is 1. The SMILES string of the molecule is COc1cc(C(=O)NN)cc(N2CCN(C)CC2)c1OC. The Kier molecular flexibility index (Phi) is 4.87. The number of hydrogen-bond acceptors (Lipinski definition) is 6. The number of carbonyl (C=O) groups excluding carboxylic acids is 1. The monoisotopic (exact) mass is 294 g/mol. The standard InChI is InChI=1S/C14H22N4O3/c1-17-4-6-18(7-5-17)11-8-10(14(19)16-15)9-12(20-2)13(11)21-3/h8-9H,4-7,15H2,1-3H3,(H,16,19). The molecule has 21 heavy (non-hydrogen) atoms. The van der Waals surface area contributed by atoms with Crippen molar-refractivity contribution in [1.82, 2.24) is 10.3 Å². The van der Waals surface area contributed by atoms with Gasteiger partial charge in [-0.1, -0.05) is 0 Å². The molecule has 0 bridgehead atoms. The van der Waals surface area contributed by atoms with Crippen LogP contribution in [0.1, 0.15) is 10.4 Å². The molecule has 7 nitrogen and oxygen atoms in total. The normalized spacial score (nSPS) is 15.7. The quantitative estimate of drug-likeness (QED) is 0.464. The summed E-state index contributed by atoms with van der Waals surface area (Å²) in [5, 5.41) is 0. The van der Waals surface area contributed by atoms with Crippen LogP contribution in [0.2, 0.25) is 0 Å². The summed E-state index contributed by atoms with van der Waals surface area (Å²) in [6, 6.07) is 3.41. The Hall–Kier alpha value is -1.99. The number of anilines is 1. The summed E-state index contributed by atoms with van der Waals surface area (Å²) >= 11 is 0. The van der Waals surface area contributed by atoms with E-state index in [0.717, 1.165) is 31.9 Å². The highest BCUT2D eigenvalue weighted by molar-refractivity contribution is 5.96. The average Bonchev–Trinajstić information content (AvgIpc) is 2.53. The second-order valence-corrected chi connectivity index (χ2v) is 4.99. The number of likely N-dealkylation sites (N-methyl/N-ethyl adjacent to an activating group) is 1. The van der Waals surface area contributed by atoms with E-state index >= 15 is 0 Å². The highest BCUT2D eigenvalue weighted by Gasteiger charge is 2.22. The van der Waals surface area contributed by atoms with Crippen LogP contribution in [-0.4, -0.2) is 58.3 Å². The zero-order valence-electron chi connectivity index (χ0n) is 12.7. The van der Waals surface area contributed by atoms with Gasteiger partial charge < -0.3 is 19.3 Å². The van der Waals surface area contributed by atoms with E-state index in [-0.39, 0.29) is 5.91 Å². The number of nitrogens with zero attached hydrogens (tertiary/aromatic N) is 2. The highest BCUT2D eigenvalue weighted by Crippen LogP contribution is 2.39. The van der Waals surface area contributed by atoms with Gasteiger partial charge >= 0.3 is 0 Å². The first-order valence-corrected chi connectivity index (χ1v) is 6.81. The number of hydrogen-bond donors (Lipinski definition) is 2. The Morgan fingerprint density at radius 3 is 2.38 bits per heavy atom. The molecule has 1 amide bonds. The Bertz CT molecular complexity index is 513. The van der Waals surface area contributed by atoms with Crippen molar-refractivity contribution >= 4 is 11.6 Å². The average molecular weight is 294 g/mol. The van der Waals surface area contributed by atoms with E-state index in [9.17, 15) is 4.79 Å². The van der Waals surface area contributed by atoms with Crippen LogP contribution >= 0.6 is 0 Å². The molecule has 1 aliphatic heterocycles. The maximum atomic E-state index is 11.8. The predicted octanol–water partition coefficient (Wildman–Crippen LogP) is 0.0591. The van der Waals surface area contributed by atoms with Gasteiger partial charge in [-0.15, -0.1) is 0 Å². The van der Waals surface area contributed by atoms with Gasteiger partial charge in [-0.05, 0) is 19.2 Å². The predicted molar refractivity (Wildman–Crippen MR) is 80.9 cm³/mol. The zero-order valence-corrected chi connectivity index (χ0v) is 12.7. The van der Waals surface area contributed by atoms with Crippen molar-refractivity contribution in [2.45, 2.75) is 0 Å². The van der Waals surface area contributed by atoms with Gasteiger partial charge in [-0.25, -0.2) is 5.84 Å². The van der Waals surface area contributed by atoms with Gasteiger partial charge in [0.05, 0.1) is 19.9 Å². The first kappa shape index (κ1) is 15.4. The molecule has 7 heteroatoms. The number of methoxy groups -OCH3 is 2. The molecular formula is C14H22N4O3. The van der Waals surface area contributed by atoms with E-state index in [1.54, 1.807) is 26.4 Å². The molecule has 1 heterocycles. The molecule has 1 aliphatic rings. The number of rotatable bonds is 4.